The van der Waals surface area contributed by atoms with Crippen LogP contribution in [0.1, 0.15) is 78.6 Å². The minimum Gasteiger partial charge on any atom is -0.321 e. The van der Waals surface area contributed by atoms with E-state index in [1.54, 1.807) is 6.92 Å². The Labute approximate surface area is 136 Å². The third-order valence-corrected chi connectivity index (χ3v) is 7.00. The molecule has 3 unspecified atom stereocenters. The Bertz CT molecular complexity index is 336. The Balaban J connectivity index is 3.62. The van der Waals surface area contributed by atoms with Gasteiger partial charge in [0.15, 0.2) is 0 Å². The topological polar surface area (TPSA) is 72.8 Å². The third-order valence-electron chi connectivity index (χ3n) is 3.39. The fourth-order valence-corrected chi connectivity index (χ4v) is 4.91. The molecule has 0 aromatic carbocycles. The van der Waals surface area contributed by atoms with Crippen LogP contribution in [0.25, 0.3) is 0 Å². The minimum absolute atomic E-state index is 0.130. The van der Waals surface area contributed by atoms with Crippen LogP contribution >= 0.6 is 15.6 Å². The zero-order valence-electron chi connectivity index (χ0n) is 14.3. The summed E-state index contributed by atoms with van der Waals surface area (Å²) >= 11 is 0. The molecule has 3 atom stereocenters. The summed E-state index contributed by atoms with van der Waals surface area (Å²) in [6, 6.07) is 0. The van der Waals surface area contributed by atoms with Gasteiger partial charge < -0.3 is 9.42 Å². The molecular formula is C15H33O5P2+. The maximum Gasteiger partial charge on any atom is 0.521 e. The highest BCUT2D eigenvalue weighted by Crippen LogP contribution is 2.50. The predicted molar refractivity (Wildman–Crippen MR) is 91.7 cm³/mol. The molecule has 0 bridgehead atoms. The standard InChI is InChI=1S/C15H32O5P2/c1-4-6-7-8-9-10-11-12-13-15(3)20-21(16)14-22(17,18)19-5-2/h15H,4-14H2,1-3H3/p+1. The van der Waals surface area contributed by atoms with Crippen molar-refractivity contribution in [2.45, 2.75) is 84.7 Å². The Morgan fingerprint density at radius 1 is 1.05 bits per heavy atom. The van der Waals surface area contributed by atoms with Gasteiger partial charge in [0.25, 0.3) is 5.90 Å². The molecule has 22 heavy (non-hydrogen) atoms. The summed E-state index contributed by atoms with van der Waals surface area (Å²) < 4.78 is 33.1. The van der Waals surface area contributed by atoms with Crippen molar-refractivity contribution in [1.82, 2.24) is 0 Å². The van der Waals surface area contributed by atoms with Crippen LogP contribution in [0.2, 0.25) is 0 Å². The molecule has 5 nitrogen and oxygen atoms in total. The predicted octanol–water partition coefficient (Wildman–Crippen LogP) is 5.84. The summed E-state index contributed by atoms with van der Waals surface area (Å²) in [6.07, 6.45) is 10.7. The van der Waals surface area contributed by atoms with Gasteiger partial charge in [-0.3, -0.25) is 4.57 Å². The lowest BCUT2D eigenvalue weighted by atomic mass is 10.1. The van der Waals surface area contributed by atoms with Crippen molar-refractivity contribution in [3.63, 3.8) is 0 Å². The second-order valence-electron chi connectivity index (χ2n) is 5.71. The van der Waals surface area contributed by atoms with Crippen LogP contribution in [-0.2, 0) is 18.2 Å². The largest absolute Gasteiger partial charge is 0.521 e. The molecule has 1 N–H and O–H groups in total. The van der Waals surface area contributed by atoms with Gasteiger partial charge in [-0.15, -0.1) is 4.52 Å². The lowest BCUT2D eigenvalue weighted by Crippen LogP contribution is -2.04. The van der Waals surface area contributed by atoms with Gasteiger partial charge in [-0.05, 0) is 24.8 Å². The van der Waals surface area contributed by atoms with Crippen LogP contribution in [-0.4, -0.2) is 23.5 Å². The molecule has 0 heterocycles. The van der Waals surface area contributed by atoms with Gasteiger partial charge in [0.05, 0.1) is 6.61 Å². The first-order valence-electron chi connectivity index (χ1n) is 8.49. The molecule has 0 aliphatic carbocycles. The van der Waals surface area contributed by atoms with Crippen LogP contribution in [0.4, 0.5) is 0 Å². The molecule has 132 valence electrons. The van der Waals surface area contributed by atoms with Gasteiger partial charge >= 0.3 is 15.6 Å². The quantitative estimate of drug-likeness (QED) is 0.295. The highest BCUT2D eigenvalue weighted by Gasteiger charge is 2.35. The number of rotatable bonds is 15. The second kappa shape index (κ2) is 13.6. The normalized spacial score (nSPS) is 16.3. The van der Waals surface area contributed by atoms with Crippen molar-refractivity contribution in [3.05, 3.63) is 0 Å². The van der Waals surface area contributed by atoms with Gasteiger partial charge in [-0.1, -0.05) is 58.3 Å². The molecule has 0 amide bonds. The van der Waals surface area contributed by atoms with Crippen molar-refractivity contribution in [1.29, 1.82) is 0 Å². The van der Waals surface area contributed by atoms with E-state index < -0.39 is 21.5 Å². The van der Waals surface area contributed by atoms with Crippen LogP contribution in [0.5, 0.6) is 0 Å². The lowest BCUT2D eigenvalue weighted by molar-refractivity contribution is 0.218. The summed E-state index contributed by atoms with van der Waals surface area (Å²) in [7, 11) is -5.91. The minimum atomic E-state index is -3.76. The monoisotopic (exact) mass is 355 g/mol. The molecule has 0 aliphatic heterocycles. The molecule has 0 spiro atoms. The van der Waals surface area contributed by atoms with Gasteiger partial charge in [-0.25, -0.2) is 0 Å². The van der Waals surface area contributed by atoms with E-state index in [0.717, 1.165) is 19.3 Å². The van der Waals surface area contributed by atoms with Crippen molar-refractivity contribution < 1.29 is 23.1 Å². The molecule has 0 aromatic heterocycles. The SMILES string of the molecule is CCCCCCCCCCC(C)O[P+](=O)CP(=O)(O)OCC. The van der Waals surface area contributed by atoms with Crippen molar-refractivity contribution >= 4 is 15.6 Å². The van der Waals surface area contributed by atoms with E-state index in [4.69, 9.17) is 4.52 Å². The smallest absolute Gasteiger partial charge is 0.321 e. The molecule has 0 aliphatic rings. The summed E-state index contributed by atoms with van der Waals surface area (Å²) in [5.74, 6) is -0.419. The number of unbranched alkanes of at least 4 members (excludes halogenated alkanes) is 7. The van der Waals surface area contributed by atoms with Crippen LogP contribution in [0, 0.1) is 0 Å². The van der Waals surface area contributed by atoms with Crippen molar-refractivity contribution in [2.24, 2.45) is 0 Å². The molecule has 7 heteroatoms. The average molecular weight is 355 g/mol. The van der Waals surface area contributed by atoms with Crippen molar-refractivity contribution in [2.75, 3.05) is 12.5 Å². The molecule has 0 saturated carbocycles. The van der Waals surface area contributed by atoms with Crippen molar-refractivity contribution in [3.8, 4) is 0 Å². The highest BCUT2D eigenvalue weighted by atomic mass is 31.2. The Hall–Kier alpha value is 0.210. The van der Waals surface area contributed by atoms with Gasteiger partial charge in [-0.2, -0.15) is 0 Å². The molecule has 0 fully saturated rings. The zero-order valence-corrected chi connectivity index (χ0v) is 16.1. The molecule has 0 saturated heterocycles. The van der Waals surface area contributed by atoms with Gasteiger partial charge in [0.2, 0.25) is 0 Å². The number of hydrogen-bond donors (Lipinski definition) is 1. The summed E-state index contributed by atoms with van der Waals surface area (Å²) in [5, 5.41) is 0. The van der Waals surface area contributed by atoms with Crippen LogP contribution < -0.4 is 0 Å². The van der Waals surface area contributed by atoms with E-state index >= 15 is 0 Å². The lowest BCUT2D eigenvalue weighted by Gasteiger charge is -2.07. The fourth-order valence-electron chi connectivity index (χ4n) is 2.24. The van der Waals surface area contributed by atoms with Gasteiger partial charge in [0.1, 0.15) is 6.10 Å². The molecular weight excluding hydrogens is 322 g/mol. The summed E-state index contributed by atoms with van der Waals surface area (Å²) in [4.78, 5) is 9.40. The maximum atomic E-state index is 11.7. The first-order chi connectivity index (χ1) is 10.4. The van der Waals surface area contributed by atoms with E-state index in [9.17, 15) is 14.0 Å². The molecule has 0 rings (SSSR count). The van der Waals surface area contributed by atoms with E-state index in [-0.39, 0.29) is 12.7 Å². The highest BCUT2D eigenvalue weighted by molar-refractivity contribution is 7.65. The third kappa shape index (κ3) is 13.8. The fraction of sp³-hybridized carbons (Fsp3) is 1.00. The maximum absolute atomic E-state index is 11.7. The summed E-state index contributed by atoms with van der Waals surface area (Å²) in [6.45, 7) is 5.83. The van der Waals surface area contributed by atoms with E-state index in [1.165, 1.54) is 38.5 Å². The first kappa shape index (κ1) is 22.2. The Morgan fingerprint density at radius 2 is 1.59 bits per heavy atom. The van der Waals surface area contributed by atoms with Crippen LogP contribution in [0.15, 0.2) is 0 Å². The molecule has 0 radical (unpaired) electrons. The van der Waals surface area contributed by atoms with E-state index in [1.807, 2.05) is 6.92 Å². The second-order valence-corrected chi connectivity index (χ2v) is 9.25. The van der Waals surface area contributed by atoms with E-state index in [0.29, 0.717) is 0 Å². The average Bonchev–Trinajstić information content (AvgIpc) is 2.40. The summed E-state index contributed by atoms with van der Waals surface area (Å²) in [5.41, 5.74) is 0. The van der Waals surface area contributed by atoms with Crippen LogP contribution in [0.3, 0.4) is 0 Å². The zero-order chi connectivity index (χ0) is 16.8. The molecule has 0 aromatic rings. The van der Waals surface area contributed by atoms with E-state index in [2.05, 4.69) is 11.4 Å². The number of hydrogen-bond acceptors (Lipinski definition) is 4. The Kier molecular flexibility index (Phi) is 13.8. The first-order valence-corrected chi connectivity index (χ1v) is 11.6. The Morgan fingerprint density at radius 3 is 2.14 bits per heavy atom. The van der Waals surface area contributed by atoms with Gasteiger partial charge in [0, 0.05) is 0 Å².